The number of hydrogen-bond acceptors (Lipinski definition) is 14. The molecule has 0 aliphatic carbocycles. The number of esters is 2. The summed E-state index contributed by atoms with van der Waals surface area (Å²) in [5, 5.41) is 46.2. The lowest BCUT2D eigenvalue weighted by molar-refractivity contribution is -0.159. The Bertz CT molecular complexity index is 1470. The van der Waals surface area contributed by atoms with E-state index in [0.717, 1.165) is 4.90 Å². The first-order valence-electron chi connectivity index (χ1n) is 16.6. The predicted molar refractivity (Wildman–Crippen MR) is 190 cm³/mol. The summed E-state index contributed by atoms with van der Waals surface area (Å²) in [6.07, 6.45) is -0.312. The van der Waals surface area contributed by atoms with Crippen molar-refractivity contribution in [2.45, 2.75) is 76.2 Å². The molecule has 0 spiro atoms. The second kappa shape index (κ2) is 23.0. The van der Waals surface area contributed by atoms with Crippen LogP contribution in [0.5, 0.6) is 5.75 Å². The second-order valence-corrected chi connectivity index (χ2v) is 12.2. The maximum Gasteiger partial charge on any atom is 0.333 e. The number of rotatable bonds is 24. The number of ketones is 2. The number of carbonyl (C=O) groups is 7. The lowest BCUT2D eigenvalue weighted by Gasteiger charge is -2.23. The van der Waals surface area contributed by atoms with Crippen molar-refractivity contribution in [3.05, 3.63) is 29.8 Å². The van der Waals surface area contributed by atoms with Crippen molar-refractivity contribution >= 4 is 53.2 Å². The lowest BCUT2D eigenvalue weighted by atomic mass is 10.0. The normalized spacial score (nSPS) is 13.6. The van der Waals surface area contributed by atoms with Crippen molar-refractivity contribution in [1.82, 2.24) is 31.5 Å². The molecule has 21 nitrogen and oxygen atoms in total. The number of ether oxygens (including phenoxy) is 1. The monoisotopic (exact) mass is 749 g/mol. The number of aliphatic carboxylic acids is 1. The molecule has 21 heteroatoms. The maximum absolute atomic E-state index is 13.4. The van der Waals surface area contributed by atoms with Crippen LogP contribution in [0.2, 0.25) is 0 Å². The first-order valence-corrected chi connectivity index (χ1v) is 16.6. The molecule has 0 aromatic heterocycles. The van der Waals surface area contributed by atoms with E-state index in [1.807, 2.05) is 0 Å². The van der Waals surface area contributed by atoms with Crippen LogP contribution in [0.1, 0.15) is 45.1 Å². The Morgan fingerprint density at radius 1 is 0.849 bits per heavy atom. The Morgan fingerprint density at radius 2 is 1.45 bits per heavy atom. The molecule has 53 heavy (non-hydrogen) atoms. The first kappa shape index (κ1) is 45.4. The molecule has 0 aliphatic rings. The minimum atomic E-state index is -1.22. The van der Waals surface area contributed by atoms with Gasteiger partial charge in [-0.3, -0.25) is 44.9 Å². The van der Waals surface area contributed by atoms with E-state index < -0.39 is 104 Å². The van der Waals surface area contributed by atoms with Gasteiger partial charge in [0.1, 0.15) is 24.4 Å². The smallest absolute Gasteiger partial charge is 0.333 e. The Hall–Kier alpha value is -5.67. The zero-order valence-corrected chi connectivity index (χ0v) is 29.9. The fourth-order valence-corrected chi connectivity index (χ4v) is 4.44. The number of amides is 2. The van der Waals surface area contributed by atoms with Crippen molar-refractivity contribution in [2.24, 2.45) is 17.2 Å². The molecule has 0 saturated heterocycles. The van der Waals surface area contributed by atoms with E-state index in [1.54, 1.807) is 12.1 Å². The summed E-state index contributed by atoms with van der Waals surface area (Å²) in [5.74, 6) is -6.52. The molecule has 5 unspecified atom stereocenters. The fourth-order valence-electron chi connectivity index (χ4n) is 4.44. The highest BCUT2D eigenvalue weighted by Crippen LogP contribution is 2.11. The van der Waals surface area contributed by atoms with Gasteiger partial charge in [0.25, 0.3) is 0 Å². The summed E-state index contributed by atoms with van der Waals surface area (Å²) in [6, 6.07) is 0.446. The van der Waals surface area contributed by atoms with Gasteiger partial charge in [-0.2, -0.15) is 0 Å². The number of phenolic OH excluding ortho intramolecular Hbond substituents is 1. The third-order valence-electron chi connectivity index (χ3n) is 7.68. The van der Waals surface area contributed by atoms with E-state index in [2.05, 4.69) is 26.6 Å². The average molecular weight is 750 g/mol. The summed E-state index contributed by atoms with van der Waals surface area (Å²) >= 11 is 0. The number of nitrogens with one attached hydrogen (secondary N) is 7. The Kier molecular flexibility index (Phi) is 19.7. The number of carbonyl (C=O) groups excluding carboxylic acids is 6. The molecule has 0 aliphatic heterocycles. The van der Waals surface area contributed by atoms with Crippen LogP contribution in [0.3, 0.4) is 0 Å². The summed E-state index contributed by atoms with van der Waals surface area (Å²) in [5.41, 5.74) is 17.3. The van der Waals surface area contributed by atoms with Gasteiger partial charge in [-0.15, -0.1) is 0 Å². The molecule has 0 heterocycles. The summed E-state index contributed by atoms with van der Waals surface area (Å²) in [6.45, 7) is 1.42. The number of nitrogens with zero attached hydrogens (tertiary/aromatic N) is 1. The van der Waals surface area contributed by atoms with Gasteiger partial charge >= 0.3 is 17.9 Å². The standard InChI is InChI=1S/C32H51N11O10/c1-17(41-29(50)21(33)13-19-6-8-20(44)9-7-19)28(49)42-23(5-4-12-38-31(34)35)25(46)15-40-22(24(45)14-39-18(2)30(51)52)10-11-26(47)53-27(48)16-43(3)32(36)37/h6-9,17-18,21-23,39-40,44H,4-5,10-16,33H2,1-3H3,(H3,36,37)(H,41,50)(H,42,49)(H,51,52)(H4,34,35,38). The number of benzene rings is 1. The Balaban J connectivity index is 3.00. The fraction of sp³-hybridized carbons (Fsp3) is 0.531. The van der Waals surface area contributed by atoms with E-state index in [0.29, 0.717) is 5.56 Å². The topological polar surface area (TPSA) is 358 Å². The molecule has 1 aromatic rings. The molecular formula is C32H51N11O10. The van der Waals surface area contributed by atoms with Crippen molar-refractivity contribution in [2.75, 3.05) is 33.2 Å². The molecule has 5 atom stereocenters. The minimum absolute atomic E-state index is 0.0438. The summed E-state index contributed by atoms with van der Waals surface area (Å²) < 4.78 is 4.71. The highest BCUT2D eigenvalue weighted by Gasteiger charge is 2.28. The number of carboxylic acids is 1. The van der Waals surface area contributed by atoms with E-state index in [-0.39, 0.29) is 43.9 Å². The lowest BCUT2D eigenvalue weighted by Crippen LogP contribution is -2.55. The van der Waals surface area contributed by atoms with Gasteiger partial charge in [0, 0.05) is 20.0 Å². The Morgan fingerprint density at radius 3 is 2.04 bits per heavy atom. The summed E-state index contributed by atoms with van der Waals surface area (Å²) in [4.78, 5) is 89.0. The van der Waals surface area contributed by atoms with Crippen molar-refractivity contribution in [3.63, 3.8) is 0 Å². The zero-order chi connectivity index (χ0) is 40.2. The van der Waals surface area contributed by atoms with E-state index in [4.69, 9.17) is 37.9 Å². The SMILES string of the molecule is CC(NCC(=O)C(CCC(=O)OC(=O)CN(C)C(=N)N)NCC(=O)C(CCCNC(=N)N)NC(=O)C(C)NC(=O)C(N)Cc1ccc(O)cc1)C(=O)O. The molecule has 0 fully saturated rings. The van der Waals surface area contributed by atoms with Gasteiger partial charge in [-0.05, 0) is 57.2 Å². The number of guanidine groups is 2. The van der Waals surface area contributed by atoms with Crippen LogP contribution in [-0.4, -0.2) is 132 Å². The molecule has 0 saturated carbocycles. The number of aromatic hydroxyl groups is 1. The van der Waals surface area contributed by atoms with Crippen molar-refractivity contribution in [3.8, 4) is 5.75 Å². The molecule has 15 N–H and O–H groups in total. The Labute approximate surface area is 306 Å². The average Bonchev–Trinajstić information content (AvgIpc) is 3.08. The molecule has 0 bridgehead atoms. The summed E-state index contributed by atoms with van der Waals surface area (Å²) in [7, 11) is 1.33. The largest absolute Gasteiger partial charge is 0.508 e. The van der Waals surface area contributed by atoms with Crippen LogP contribution < -0.4 is 43.8 Å². The number of likely N-dealkylation sites (N-methyl/N-ethyl adjacent to an activating group) is 1. The van der Waals surface area contributed by atoms with Crippen LogP contribution in [0, 0.1) is 10.8 Å². The quantitative estimate of drug-likeness (QED) is 0.0159. The van der Waals surface area contributed by atoms with Gasteiger partial charge in [-0.25, -0.2) is 4.79 Å². The number of hydrogen-bond donors (Lipinski definition) is 12. The second-order valence-electron chi connectivity index (χ2n) is 12.2. The number of phenols is 1. The van der Waals surface area contributed by atoms with Gasteiger partial charge in [0.15, 0.2) is 23.5 Å². The maximum atomic E-state index is 13.4. The van der Waals surface area contributed by atoms with Crippen molar-refractivity contribution in [1.29, 1.82) is 10.8 Å². The van der Waals surface area contributed by atoms with Gasteiger partial charge in [-0.1, -0.05) is 12.1 Å². The third-order valence-corrected chi connectivity index (χ3v) is 7.68. The van der Waals surface area contributed by atoms with Crippen molar-refractivity contribution < 1.29 is 48.5 Å². The minimum Gasteiger partial charge on any atom is -0.508 e. The van der Waals surface area contributed by atoms with E-state index in [1.165, 1.54) is 33.0 Å². The van der Waals surface area contributed by atoms with E-state index in [9.17, 15) is 38.7 Å². The van der Waals surface area contributed by atoms with Gasteiger partial charge in [0.2, 0.25) is 11.8 Å². The highest BCUT2D eigenvalue weighted by molar-refractivity contribution is 5.95. The number of Topliss-reactive ketones (excluding diaryl/α,β-unsaturated/α-hetero) is 2. The predicted octanol–water partition coefficient (Wildman–Crippen LogP) is -3.65. The molecule has 1 rings (SSSR count). The van der Waals surface area contributed by atoms with E-state index >= 15 is 0 Å². The number of nitrogens with two attached hydrogens (primary N) is 3. The molecule has 1 aromatic carbocycles. The van der Waals surface area contributed by atoms with Crippen LogP contribution >= 0.6 is 0 Å². The molecule has 0 radical (unpaired) electrons. The third kappa shape index (κ3) is 18.4. The van der Waals surface area contributed by atoms with Gasteiger partial charge < -0.3 is 58.3 Å². The van der Waals surface area contributed by atoms with Gasteiger partial charge in [0.05, 0.1) is 31.2 Å². The number of carboxylic acid groups (broad SMARTS) is 1. The van der Waals surface area contributed by atoms with Crippen LogP contribution in [0.4, 0.5) is 0 Å². The molecular weight excluding hydrogens is 698 g/mol. The zero-order valence-electron chi connectivity index (χ0n) is 29.9. The molecule has 294 valence electrons. The van der Waals surface area contributed by atoms with Crippen LogP contribution in [0.25, 0.3) is 0 Å². The highest BCUT2D eigenvalue weighted by atomic mass is 16.6. The van der Waals surface area contributed by atoms with Crippen LogP contribution in [0.15, 0.2) is 24.3 Å². The van der Waals surface area contributed by atoms with Crippen LogP contribution in [-0.2, 0) is 44.7 Å². The molecule has 2 amide bonds. The first-order chi connectivity index (χ1) is 24.8.